The van der Waals surface area contributed by atoms with Gasteiger partial charge >= 0.3 is 0 Å². The highest BCUT2D eigenvalue weighted by molar-refractivity contribution is 7.90. The van der Waals surface area contributed by atoms with Crippen molar-refractivity contribution >= 4 is 15.9 Å². The van der Waals surface area contributed by atoms with Crippen molar-refractivity contribution < 1.29 is 13.2 Å². The van der Waals surface area contributed by atoms with Gasteiger partial charge in [0, 0.05) is 6.08 Å². The third kappa shape index (κ3) is 7.23. The second-order valence-corrected chi connectivity index (χ2v) is 5.41. The normalized spacial score (nSPS) is 14.4. The first-order chi connectivity index (χ1) is 7.41. The molecule has 5 heteroatoms. The summed E-state index contributed by atoms with van der Waals surface area (Å²) in [4.78, 5) is 11.2. The Morgan fingerprint density at radius 1 is 1.38 bits per heavy atom. The van der Waals surface area contributed by atoms with Crippen LogP contribution in [0.25, 0.3) is 0 Å². The van der Waals surface area contributed by atoms with Crippen molar-refractivity contribution in [2.45, 2.75) is 27.2 Å². The Kier molecular flexibility index (Phi) is 6.72. The number of amides is 1. The zero-order valence-corrected chi connectivity index (χ0v) is 10.8. The molecular formula is C11H19NO3S. The Morgan fingerprint density at radius 3 is 2.50 bits per heavy atom. The van der Waals surface area contributed by atoms with Crippen LogP contribution in [0.4, 0.5) is 0 Å². The zero-order chi connectivity index (χ0) is 12.6. The highest BCUT2D eigenvalue weighted by Crippen LogP contribution is 2.03. The van der Waals surface area contributed by atoms with Gasteiger partial charge in [0.25, 0.3) is 5.91 Å². The molecule has 0 aromatic carbocycles. The smallest absolute Gasteiger partial charge is 0.257 e. The molecule has 0 bridgehead atoms. The summed E-state index contributed by atoms with van der Waals surface area (Å²) in [6, 6.07) is 0. The maximum Gasteiger partial charge on any atom is 0.257 e. The van der Waals surface area contributed by atoms with Crippen LogP contribution in [0.2, 0.25) is 0 Å². The van der Waals surface area contributed by atoms with Gasteiger partial charge in [0.05, 0.1) is 5.75 Å². The van der Waals surface area contributed by atoms with E-state index in [-0.39, 0.29) is 11.7 Å². The van der Waals surface area contributed by atoms with Crippen molar-refractivity contribution in [2.24, 2.45) is 5.92 Å². The molecule has 4 nitrogen and oxygen atoms in total. The van der Waals surface area contributed by atoms with Gasteiger partial charge in [0.2, 0.25) is 10.0 Å². The van der Waals surface area contributed by atoms with E-state index in [2.05, 4.69) is 0 Å². The first-order valence-corrected chi connectivity index (χ1v) is 6.90. The molecule has 0 aliphatic rings. The number of rotatable bonds is 6. The number of nitrogens with one attached hydrogen (secondary N) is 1. The lowest BCUT2D eigenvalue weighted by molar-refractivity contribution is -0.114. The van der Waals surface area contributed by atoms with Gasteiger partial charge in [-0.2, -0.15) is 0 Å². The first kappa shape index (κ1) is 14.9. The van der Waals surface area contributed by atoms with E-state index >= 15 is 0 Å². The number of allylic oxidation sites excluding steroid dienone is 3. The number of hydrogen-bond donors (Lipinski definition) is 1. The van der Waals surface area contributed by atoms with Crippen LogP contribution in [-0.4, -0.2) is 20.1 Å². The van der Waals surface area contributed by atoms with Crippen molar-refractivity contribution in [3.63, 3.8) is 0 Å². The van der Waals surface area contributed by atoms with E-state index < -0.39 is 15.9 Å². The van der Waals surface area contributed by atoms with Crippen molar-refractivity contribution in [3.8, 4) is 0 Å². The lowest BCUT2D eigenvalue weighted by Gasteiger charge is -2.09. The fourth-order valence-corrected chi connectivity index (χ4v) is 2.42. The molecule has 0 rings (SSSR count). The molecule has 0 aliphatic heterocycles. The van der Waals surface area contributed by atoms with E-state index in [1.807, 2.05) is 25.5 Å². The Hall–Kier alpha value is -1.10. The van der Waals surface area contributed by atoms with Gasteiger partial charge < -0.3 is 0 Å². The molecule has 0 saturated heterocycles. The summed E-state index contributed by atoms with van der Waals surface area (Å²) in [7, 11) is -3.50. The monoisotopic (exact) mass is 245 g/mol. The summed E-state index contributed by atoms with van der Waals surface area (Å²) >= 11 is 0. The third-order valence-corrected chi connectivity index (χ3v) is 3.53. The molecule has 92 valence electrons. The first-order valence-electron chi connectivity index (χ1n) is 5.25. The molecule has 0 aromatic heterocycles. The molecule has 1 amide bonds. The minimum Gasteiger partial charge on any atom is -0.269 e. The van der Waals surface area contributed by atoms with Crippen LogP contribution < -0.4 is 4.72 Å². The molecule has 0 fully saturated rings. The van der Waals surface area contributed by atoms with Gasteiger partial charge in [-0.15, -0.1) is 0 Å². The van der Waals surface area contributed by atoms with Gasteiger partial charge in [0.1, 0.15) is 0 Å². The molecule has 0 heterocycles. The third-order valence-electron chi connectivity index (χ3n) is 2.01. The van der Waals surface area contributed by atoms with Crippen LogP contribution >= 0.6 is 0 Å². The fraction of sp³-hybridized carbons (Fsp3) is 0.545. The second-order valence-electron chi connectivity index (χ2n) is 3.65. The van der Waals surface area contributed by atoms with Gasteiger partial charge in [-0.25, -0.2) is 13.1 Å². The average molecular weight is 245 g/mol. The Balaban J connectivity index is 4.32. The van der Waals surface area contributed by atoms with E-state index in [1.54, 1.807) is 12.2 Å². The molecule has 0 radical (unpaired) electrons. The van der Waals surface area contributed by atoms with Crippen LogP contribution in [0.3, 0.4) is 0 Å². The van der Waals surface area contributed by atoms with Gasteiger partial charge in [0.15, 0.2) is 0 Å². The maximum atomic E-state index is 11.5. The molecule has 0 aromatic rings. The molecule has 0 aliphatic carbocycles. The van der Waals surface area contributed by atoms with E-state index in [0.29, 0.717) is 0 Å². The van der Waals surface area contributed by atoms with Crippen molar-refractivity contribution in [2.75, 3.05) is 5.75 Å². The summed E-state index contributed by atoms with van der Waals surface area (Å²) in [5.74, 6) is -0.585. The fourth-order valence-electron chi connectivity index (χ4n) is 0.975. The molecule has 1 unspecified atom stereocenters. The molecule has 16 heavy (non-hydrogen) atoms. The van der Waals surface area contributed by atoms with Gasteiger partial charge in [-0.3, -0.25) is 4.79 Å². The number of sulfonamides is 1. The van der Waals surface area contributed by atoms with Crippen LogP contribution in [-0.2, 0) is 14.8 Å². The molecular weight excluding hydrogens is 226 g/mol. The summed E-state index contributed by atoms with van der Waals surface area (Å²) in [5, 5.41) is 0. The van der Waals surface area contributed by atoms with Crippen LogP contribution in [0.15, 0.2) is 24.3 Å². The topological polar surface area (TPSA) is 63.2 Å². The van der Waals surface area contributed by atoms with Crippen LogP contribution in [0.1, 0.15) is 27.2 Å². The number of hydrogen-bond acceptors (Lipinski definition) is 3. The van der Waals surface area contributed by atoms with Crippen molar-refractivity contribution in [1.82, 2.24) is 4.72 Å². The second kappa shape index (κ2) is 7.22. The van der Waals surface area contributed by atoms with Gasteiger partial charge in [-0.1, -0.05) is 38.5 Å². The van der Waals surface area contributed by atoms with Gasteiger partial charge in [-0.05, 0) is 12.8 Å². The maximum absolute atomic E-state index is 11.5. The molecule has 0 saturated carbocycles. The van der Waals surface area contributed by atoms with E-state index in [1.165, 1.54) is 12.2 Å². The van der Waals surface area contributed by atoms with Crippen molar-refractivity contribution in [3.05, 3.63) is 24.3 Å². The standard InChI is InChI=1S/C11H19NO3S/c1-4-6-7-8-11(13)12-16(14,15)9-10(3)5-2/h4,6-8,10H,5,9H2,1-3H3,(H,12,13)/b6-4+,8-7+. The SMILES string of the molecule is C/C=C/C=C/C(=O)NS(=O)(=O)CC(C)CC. The lowest BCUT2D eigenvalue weighted by atomic mass is 10.2. The highest BCUT2D eigenvalue weighted by Gasteiger charge is 2.15. The molecule has 0 spiro atoms. The Bertz CT molecular complexity index is 369. The average Bonchev–Trinajstić information content (AvgIpc) is 2.16. The molecule has 1 N–H and O–H groups in total. The predicted octanol–water partition coefficient (Wildman–Crippen LogP) is 1.61. The molecule has 1 atom stereocenters. The summed E-state index contributed by atoms with van der Waals surface area (Å²) < 4.78 is 24.9. The Morgan fingerprint density at radius 2 is 2.00 bits per heavy atom. The minimum atomic E-state index is -3.50. The predicted molar refractivity (Wildman–Crippen MR) is 65.3 cm³/mol. The van der Waals surface area contributed by atoms with Crippen LogP contribution in [0.5, 0.6) is 0 Å². The quantitative estimate of drug-likeness (QED) is 0.571. The van der Waals surface area contributed by atoms with Crippen LogP contribution in [0, 0.1) is 5.92 Å². The number of carbonyl (C=O) groups excluding carboxylic acids is 1. The minimum absolute atomic E-state index is 0.0211. The van der Waals surface area contributed by atoms with E-state index in [9.17, 15) is 13.2 Å². The summed E-state index contributed by atoms with van der Waals surface area (Å²) in [6.45, 7) is 5.55. The van der Waals surface area contributed by atoms with E-state index in [0.717, 1.165) is 6.42 Å². The highest BCUT2D eigenvalue weighted by atomic mass is 32.2. The number of carbonyl (C=O) groups is 1. The summed E-state index contributed by atoms with van der Waals surface area (Å²) in [5.41, 5.74) is 0. The lowest BCUT2D eigenvalue weighted by Crippen LogP contribution is -2.33. The Labute approximate surface area is 97.5 Å². The van der Waals surface area contributed by atoms with E-state index in [4.69, 9.17) is 0 Å². The summed E-state index contributed by atoms with van der Waals surface area (Å²) in [6.07, 6.45) is 6.85. The zero-order valence-electron chi connectivity index (χ0n) is 9.93. The van der Waals surface area contributed by atoms with Crippen molar-refractivity contribution in [1.29, 1.82) is 0 Å². The largest absolute Gasteiger partial charge is 0.269 e.